The van der Waals surface area contributed by atoms with Gasteiger partial charge in [0.1, 0.15) is 0 Å². The van der Waals surface area contributed by atoms with Crippen molar-refractivity contribution in [3.05, 3.63) is 23.8 Å². The van der Waals surface area contributed by atoms with Crippen LogP contribution in [0.1, 0.15) is 19.4 Å². The largest absolute Gasteiger partial charge is 0.493 e. The Balaban J connectivity index is 2.96. The summed E-state index contributed by atoms with van der Waals surface area (Å²) in [5, 5.41) is 0. The fraction of sp³-hybridized carbons (Fsp3) is 0.375. The van der Waals surface area contributed by atoms with Crippen molar-refractivity contribution in [1.29, 1.82) is 0 Å². The average Bonchev–Trinajstić information content (AvgIpc) is 2.51. The topological polar surface area (TPSA) is 71.1 Å². The molecule has 0 saturated heterocycles. The summed E-state index contributed by atoms with van der Waals surface area (Å²) in [6.07, 6.45) is 2.01. The number of ketones is 1. The Morgan fingerprint density at radius 2 is 1.59 bits per heavy atom. The molecule has 1 rings (SSSR count). The first-order chi connectivity index (χ1) is 10.4. The highest BCUT2D eigenvalue weighted by Crippen LogP contribution is 2.38. The highest BCUT2D eigenvalue weighted by molar-refractivity contribution is 5.90. The predicted octanol–water partition coefficient (Wildman–Crippen LogP) is 2.25. The van der Waals surface area contributed by atoms with Crippen LogP contribution in [-0.4, -0.2) is 39.2 Å². The molecule has 1 aromatic rings. The first kappa shape index (κ1) is 17.6. The zero-order valence-electron chi connectivity index (χ0n) is 13.3. The van der Waals surface area contributed by atoms with Crippen LogP contribution in [0.2, 0.25) is 0 Å². The highest BCUT2D eigenvalue weighted by atomic mass is 16.5. The molecule has 0 unspecified atom stereocenters. The van der Waals surface area contributed by atoms with Gasteiger partial charge in [0.2, 0.25) is 5.75 Å². The van der Waals surface area contributed by atoms with Crippen molar-refractivity contribution in [1.82, 2.24) is 0 Å². The number of esters is 1. The highest BCUT2D eigenvalue weighted by Gasteiger charge is 2.13. The van der Waals surface area contributed by atoms with Crippen molar-refractivity contribution in [2.75, 3.05) is 21.3 Å². The monoisotopic (exact) mass is 308 g/mol. The normalized spacial score (nSPS) is 11.9. The van der Waals surface area contributed by atoms with E-state index < -0.39 is 12.1 Å². The molecule has 0 aliphatic rings. The van der Waals surface area contributed by atoms with E-state index in [1.54, 1.807) is 18.2 Å². The fourth-order valence-electron chi connectivity index (χ4n) is 1.66. The van der Waals surface area contributed by atoms with E-state index in [-0.39, 0.29) is 5.78 Å². The number of carbonyl (C=O) groups is 2. The zero-order chi connectivity index (χ0) is 16.7. The number of hydrogen-bond acceptors (Lipinski definition) is 6. The smallest absolute Gasteiger partial charge is 0.331 e. The first-order valence-electron chi connectivity index (χ1n) is 6.62. The van der Waals surface area contributed by atoms with E-state index >= 15 is 0 Å². The summed E-state index contributed by atoms with van der Waals surface area (Å²) in [7, 11) is 4.53. The molecule has 6 heteroatoms. The number of ether oxygens (including phenoxy) is 4. The number of rotatable bonds is 7. The molecule has 0 amide bonds. The van der Waals surface area contributed by atoms with Gasteiger partial charge in [-0.15, -0.1) is 0 Å². The summed E-state index contributed by atoms with van der Waals surface area (Å²) in [5.41, 5.74) is 0.668. The summed E-state index contributed by atoms with van der Waals surface area (Å²) >= 11 is 0. The molecule has 1 atom stereocenters. The zero-order valence-corrected chi connectivity index (χ0v) is 13.3. The van der Waals surface area contributed by atoms with Crippen LogP contribution in [0.4, 0.5) is 0 Å². The van der Waals surface area contributed by atoms with Crippen LogP contribution in [0.5, 0.6) is 17.2 Å². The molecule has 120 valence electrons. The van der Waals surface area contributed by atoms with Gasteiger partial charge in [0.15, 0.2) is 23.4 Å². The van der Waals surface area contributed by atoms with Crippen LogP contribution in [0.25, 0.3) is 6.08 Å². The Bertz CT molecular complexity index is 551. The van der Waals surface area contributed by atoms with Crippen LogP contribution < -0.4 is 14.2 Å². The number of carbonyl (C=O) groups excluding carboxylic acids is 2. The lowest BCUT2D eigenvalue weighted by atomic mass is 10.1. The van der Waals surface area contributed by atoms with Crippen LogP contribution in [-0.2, 0) is 14.3 Å². The average molecular weight is 308 g/mol. The Kier molecular flexibility index (Phi) is 6.44. The Morgan fingerprint density at radius 3 is 2.00 bits per heavy atom. The first-order valence-corrected chi connectivity index (χ1v) is 6.62. The van der Waals surface area contributed by atoms with E-state index in [9.17, 15) is 9.59 Å². The van der Waals surface area contributed by atoms with E-state index in [0.717, 1.165) is 0 Å². The predicted molar refractivity (Wildman–Crippen MR) is 81.4 cm³/mol. The number of methoxy groups -OCH3 is 3. The van der Waals surface area contributed by atoms with Crippen LogP contribution >= 0.6 is 0 Å². The van der Waals surface area contributed by atoms with Crippen molar-refractivity contribution in [2.24, 2.45) is 0 Å². The van der Waals surface area contributed by atoms with E-state index in [1.807, 2.05) is 0 Å². The van der Waals surface area contributed by atoms with Gasteiger partial charge in [0.25, 0.3) is 0 Å². The Morgan fingerprint density at radius 1 is 1.05 bits per heavy atom. The van der Waals surface area contributed by atoms with Crippen molar-refractivity contribution < 1.29 is 28.5 Å². The molecular formula is C16H20O6. The maximum atomic E-state index is 11.6. The van der Waals surface area contributed by atoms with Crippen molar-refractivity contribution >= 4 is 17.8 Å². The molecule has 0 bridgehead atoms. The third-order valence-electron chi connectivity index (χ3n) is 2.96. The molecule has 0 fully saturated rings. The lowest BCUT2D eigenvalue weighted by Gasteiger charge is -2.12. The molecule has 0 N–H and O–H groups in total. The van der Waals surface area contributed by atoms with Gasteiger partial charge in [0.05, 0.1) is 21.3 Å². The maximum Gasteiger partial charge on any atom is 0.331 e. The van der Waals surface area contributed by atoms with Gasteiger partial charge < -0.3 is 18.9 Å². The van der Waals surface area contributed by atoms with Crippen LogP contribution in [0, 0.1) is 0 Å². The second kappa shape index (κ2) is 8.07. The van der Waals surface area contributed by atoms with Crippen molar-refractivity contribution in [2.45, 2.75) is 20.0 Å². The molecule has 22 heavy (non-hydrogen) atoms. The lowest BCUT2D eigenvalue weighted by molar-refractivity contribution is -0.148. The molecule has 0 aromatic heterocycles. The van der Waals surface area contributed by atoms with Crippen molar-refractivity contribution in [3.8, 4) is 17.2 Å². The quantitative estimate of drug-likeness (QED) is 0.568. The fourth-order valence-corrected chi connectivity index (χ4v) is 1.66. The number of hydrogen-bond donors (Lipinski definition) is 0. The third-order valence-corrected chi connectivity index (χ3v) is 2.96. The standard InChI is InChI=1S/C16H20O6/c1-10(17)11(2)22-15(18)7-6-12-8-13(19-3)16(21-5)14(9-12)20-4/h6-9,11H,1-5H3/b7-6+/t11-/m1/s1. The minimum absolute atomic E-state index is 0.213. The summed E-state index contributed by atoms with van der Waals surface area (Å²) in [5.74, 6) is 0.611. The maximum absolute atomic E-state index is 11.6. The molecule has 0 aliphatic heterocycles. The van der Waals surface area contributed by atoms with Gasteiger partial charge in [-0.2, -0.15) is 0 Å². The van der Waals surface area contributed by atoms with Gasteiger partial charge in [-0.05, 0) is 37.6 Å². The third kappa shape index (κ3) is 4.51. The summed E-state index contributed by atoms with van der Waals surface area (Å²) in [6, 6.07) is 3.39. The number of Topliss-reactive ketones (excluding diaryl/α,β-unsaturated/α-hetero) is 1. The van der Waals surface area contributed by atoms with E-state index in [2.05, 4.69) is 0 Å². The minimum atomic E-state index is -0.767. The molecule has 1 aromatic carbocycles. The molecule has 0 saturated carbocycles. The van der Waals surface area contributed by atoms with Gasteiger partial charge in [-0.3, -0.25) is 4.79 Å². The second-order valence-corrected chi connectivity index (χ2v) is 4.48. The summed E-state index contributed by atoms with van der Waals surface area (Å²) in [6.45, 7) is 2.88. The van der Waals surface area contributed by atoms with Gasteiger partial charge >= 0.3 is 5.97 Å². The Hall–Kier alpha value is -2.50. The lowest BCUT2D eigenvalue weighted by Crippen LogP contribution is -2.20. The summed E-state index contributed by atoms with van der Waals surface area (Å²) in [4.78, 5) is 22.7. The molecule has 0 heterocycles. The molecule has 6 nitrogen and oxygen atoms in total. The molecule has 0 aliphatic carbocycles. The SMILES string of the molecule is COc1cc(/C=C/C(=O)O[C@H](C)C(C)=O)cc(OC)c1OC. The number of benzene rings is 1. The summed E-state index contributed by atoms with van der Waals surface area (Å²) < 4.78 is 20.6. The van der Waals surface area contributed by atoms with Crippen molar-refractivity contribution in [3.63, 3.8) is 0 Å². The van der Waals surface area contributed by atoms with Gasteiger partial charge in [0, 0.05) is 6.08 Å². The van der Waals surface area contributed by atoms with E-state index in [4.69, 9.17) is 18.9 Å². The van der Waals surface area contributed by atoms with Gasteiger partial charge in [-0.25, -0.2) is 4.79 Å². The van der Waals surface area contributed by atoms with Crippen LogP contribution in [0.15, 0.2) is 18.2 Å². The van der Waals surface area contributed by atoms with E-state index in [0.29, 0.717) is 22.8 Å². The minimum Gasteiger partial charge on any atom is -0.493 e. The molecule has 0 spiro atoms. The van der Waals surface area contributed by atoms with E-state index in [1.165, 1.54) is 41.3 Å². The molecule has 0 radical (unpaired) electrons. The second-order valence-electron chi connectivity index (χ2n) is 4.48. The van der Waals surface area contributed by atoms with Gasteiger partial charge in [-0.1, -0.05) is 0 Å². The molecular weight excluding hydrogens is 288 g/mol. The Labute approximate surface area is 129 Å². The van der Waals surface area contributed by atoms with Crippen LogP contribution in [0.3, 0.4) is 0 Å².